The van der Waals surface area contributed by atoms with Gasteiger partial charge in [-0.05, 0) is 51.0 Å². The Morgan fingerprint density at radius 1 is 1.04 bits per heavy atom. The van der Waals surface area contributed by atoms with E-state index in [0.717, 1.165) is 16.7 Å². The minimum Gasteiger partial charge on any atom is -0.484 e. The largest absolute Gasteiger partial charge is 0.484 e. The molecule has 0 aliphatic rings. The number of aromatic nitrogens is 2. The molecular formula is C22H25N3O3. The van der Waals surface area contributed by atoms with Crippen LogP contribution in [0.25, 0.3) is 11.4 Å². The lowest BCUT2D eigenvalue weighted by Crippen LogP contribution is -2.34. The van der Waals surface area contributed by atoms with Crippen molar-refractivity contribution in [3.63, 3.8) is 0 Å². The number of likely N-dealkylation sites (N-methyl/N-ethyl adjacent to an activating group) is 1. The van der Waals surface area contributed by atoms with Crippen molar-refractivity contribution in [3.05, 3.63) is 65.0 Å². The molecule has 146 valence electrons. The van der Waals surface area contributed by atoms with E-state index in [2.05, 4.69) is 16.2 Å². The molecule has 3 rings (SSSR count). The highest BCUT2D eigenvalue weighted by Gasteiger charge is 2.17. The van der Waals surface area contributed by atoms with Crippen molar-refractivity contribution in [2.24, 2.45) is 0 Å². The monoisotopic (exact) mass is 379 g/mol. The maximum atomic E-state index is 12.5. The Bertz CT molecular complexity index is 928. The summed E-state index contributed by atoms with van der Waals surface area (Å²) in [4.78, 5) is 18.6. The van der Waals surface area contributed by atoms with Crippen LogP contribution in [-0.4, -0.2) is 34.1 Å². The smallest absolute Gasteiger partial charge is 0.260 e. The topological polar surface area (TPSA) is 68.5 Å². The summed E-state index contributed by atoms with van der Waals surface area (Å²) in [5.41, 5.74) is 4.25. The Hall–Kier alpha value is -3.15. The zero-order chi connectivity index (χ0) is 20.1. The molecule has 0 unspecified atom stereocenters. The molecule has 6 heteroatoms. The Balaban J connectivity index is 1.62. The van der Waals surface area contributed by atoms with Crippen molar-refractivity contribution in [1.29, 1.82) is 0 Å². The number of benzene rings is 2. The fourth-order valence-electron chi connectivity index (χ4n) is 2.93. The van der Waals surface area contributed by atoms with Crippen molar-refractivity contribution in [3.8, 4) is 17.1 Å². The molecule has 1 amide bonds. The second-order valence-electron chi connectivity index (χ2n) is 6.90. The molecule has 1 heterocycles. The molecule has 28 heavy (non-hydrogen) atoms. The maximum absolute atomic E-state index is 12.5. The SMILES string of the molecule is CCN(Cc1nc(-c2ccc(C)cc2)no1)C(=O)COc1cc(C)cc(C)c1. The molecule has 6 nitrogen and oxygen atoms in total. The van der Waals surface area contributed by atoms with E-state index < -0.39 is 0 Å². The predicted octanol–water partition coefficient (Wildman–Crippen LogP) is 4.09. The molecule has 0 radical (unpaired) electrons. The average molecular weight is 379 g/mol. The van der Waals surface area contributed by atoms with Crippen LogP contribution >= 0.6 is 0 Å². The number of carbonyl (C=O) groups excluding carboxylic acids is 1. The summed E-state index contributed by atoms with van der Waals surface area (Å²) < 4.78 is 11.0. The molecule has 3 aromatic rings. The zero-order valence-corrected chi connectivity index (χ0v) is 16.7. The molecule has 0 saturated heterocycles. The van der Waals surface area contributed by atoms with Crippen LogP contribution in [0.5, 0.6) is 5.75 Å². The molecule has 2 aromatic carbocycles. The van der Waals surface area contributed by atoms with Gasteiger partial charge in [0.15, 0.2) is 6.61 Å². The third-order valence-corrected chi connectivity index (χ3v) is 4.40. The number of ether oxygens (including phenoxy) is 1. The van der Waals surface area contributed by atoms with E-state index in [4.69, 9.17) is 9.26 Å². The van der Waals surface area contributed by atoms with Crippen LogP contribution in [0.15, 0.2) is 47.0 Å². The van der Waals surface area contributed by atoms with Crippen LogP contribution in [0.2, 0.25) is 0 Å². The highest BCUT2D eigenvalue weighted by atomic mass is 16.5. The summed E-state index contributed by atoms with van der Waals surface area (Å²) >= 11 is 0. The van der Waals surface area contributed by atoms with Gasteiger partial charge < -0.3 is 14.2 Å². The molecule has 0 spiro atoms. The molecular weight excluding hydrogens is 354 g/mol. The Kier molecular flexibility index (Phi) is 6.09. The third kappa shape index (κ3) is 4.97. The van der Waals surface area contributed by atoms with E-state index in [1.54, 1.807) is 4.90 Å². The maximum Gasteiger partial charge on any atom is 0.260 e. The summed E-state index contributed by atoms with van der Waals surface area (Å²) in [6.45, 7) is 8.68. The molecule has 0 bridgehead atoms. The third-order valence-electron chi connectivity index (χ3n) is 4.40. The van der Waals surface area contributed by atoms with Crippen molar-refractivity contribution < 1.29 is 14.1 Å². The summed E-state index contributed by atoms with van der Waals surface area (Å²) in [6, 6.07) is 13.8. The van der Waals surface area contributed by atoms with Gasteiger partial charge in [0.2, 0.25) is 11.7 Å². The van der Waals surface area contributed by atoms with Crippen LogP contribution in [0.1, 0.15) is 29.5 Å². The number of rotatable bonds is 7. The van der Waals surface area contributed by atoms with Crippen LogP contribution in [0.4, 0.5) is 0 Å². The van der Waals surface area contributed by atoms with Gasteiger partial charge in [-0.1, -0.05) is 41.1 Å². The lowest BCUT2D eigenvalue weighted by atomic mass is 10.1. The van der Waals surface area contributed by atoms with E-state index >= 15 is 0 Å². The number of carbonyl (C=O) groups is 1. The Morgan fingerprint density at radius 3 is 2.36 bits per heavy atom. The first kappa shape index (κ1) is 19.6. The van der Waals surface area contributed by atoms with Gasteiger partial charge >= 0.3 is 0 Å². The number of hydrogen-bond donors (Lipinski definition) is 0. The Morgan fingerprint density at radius 2 is 1.71 bits per heavy atom. The van der Waals surface area contributed by atoms with E-state index in [0.29, 0.717) is 24.0 Å². The second-order valence-corrected chi connectivity index (χ2v) is 6.90. The lowest BCUT2D eigenvalue weighted by Gasteiger charge is -2.19. The van der Waals surface area contributed by atoms with E-state index in [9.17, 15) is 4.79 Å². The molecule has 1 aromatic heterocycles. The number of hydrogen-bond acceptors (Lipinski definition) is 5. The number of nitrogens with zero attached hydrogens (tertiary/aromatic N) is 3. The van der Waals surface area contributed by atoms with Crippen LogP contribution in [0.3, 0.4) is 0 Å². The van der Waals surface area contributed by atoms with E-state index in [1.165, 1.54) is 5.56 Å². The number of amides is 1. The van der Waals surface area contributed by atoms with Crippen LogP contribution < -0.4 is 4.74 Å². The minimum atomic E-state index is -0.128. The first-order valence-electron chi connectivity index (χ1n) is 9.33. The summed E-state index contributed by atoms with van der Waals surface area (Å²) in [6.07, 6.45) is 0. The Labute approximate surface area is 165 Å². The van der Waals surface area contributed by atoms with E-state index in [1.807, 2.05) is 64.1 Å². The van der Waals surface area contributed by atoms with Gasteiger partial charge in [-0.3, -0.25) is 4.79 Å². The minimum absolute atomic E-state index is 0.0321. The molecule has 0 atom stereocenters. The van der Waals surface area contributed by atoms with Crippen molar-refractivity contribution in [1.82, 2.24) is 15.0 Å². The van der Waals surface area contributed by atoms with Crippen LogP contribution in [-0.2, 0) is 11.3 Å². The van der Waals surface area contributed by atoms with Gasteiger partial charge in [0.05, 0.1) is 0 Å². The average Bonchev–Trinajstić information content (AvgIpc) is 3.12. The van der Waals surface area contributed by atoms with Gasteiger partial charge in [0.25, 0.3) is 5.91 Å². The molecule has 0 saturated carbocycles. The molecule has 0 aliphatic carbocycles. The summed E-state index contributed by atoms with van der Waals surface area (Å²) in [5, 5.41) is 4.02. The standard InChI is InChI=1S/C22H25N3O3/c1-5-25(21(26)14-27-19-11-16(3)10-17(4)12-19)13-20-23-22(24-28-20)18-8-6-15(2)7-9-18/h6-12H,5,13-14H2,1-4H3. The van der Waals surface area contributed by atoms with Gasteiger partial charge in [-0.15, -0.1) is 0 Å². The van der Waals surface area contributed by atoms with Crippen molar-refractivity contribution in [2.45, 2.75) is 34.2 Å². The molecule has 0 N–H and O–H groups in total. The summed E-state index contributed by atoms with van der Waals surface area (Å²) in [5.74, 6) is 1.49. The predicted molar refractivity (Wildman–Crippen MR) is 107 cm³/mol. The highest BCUT2D eigenvalue weighted by molar-refractivity contribution is 5.77. The highest BCUT2D eigenvalue weighted by Crippen LogP contribution is 2.18. The second kappa shape index (κ2) is 8.69. The first-order chi connectivity index (χ1) is 13.4. The van der Waals surface area contributed by atoms with E-state index in [-0.39, 0.29) is 19.1 Å². The molecule has 0 fully saturated rings. The van der Waals surface area contributed by atoms with Crippen molar-refractivity contribution in [2.75, 3.05) is 13.2 Å². The van der Waals surface area contributed by atoms with Gasteiger partial charge in [-0.2, -0.15) is 4.98 Å². The fourth-order valence-corrected chi connectivity index (χ4v) is 2.93. The number of aryl methyl sites for hydroxylation is 3. The normalized spacial score (nSPS) is 10.7. The van der Waals surface area contributed by atoms with Gasteiger partial charge in [0, 0.05) is 12.1 Å². The molecule has 0 aliphatic heterocycles. The van der Waals surface area contributed by atoms with Gasteiger partial charge in [0.1, 0.15) is 12.3 Å². The first-order valence-corrected chi connectivity index (χ1v) is 9.33. The van der Waals surface area contributed by atoms with Crippen molar-refractivity contribution >= 4 is 5.91 Å². The zero-order valence-electron chi connectivity index (χ0n) is 16.7. The van der Waals surface area contributed by atoms with Crippen LogP contribution in [0, 0.1) is 20.8 Å². The quantitative estimate of drug-likeness (QED) is 0.618. The fraction of sp³-hybridized carbons (Fsp3) is 0.318. The summed E-state index contributed by atoms with van der Waals surface area (Å²) in [7, 11) is 0. The lowest BCUT2D eigenvalue weighted by molar-refractivity contribution is -0.134. The van der Waals surface area contributed by atoms with Gasteiger partial charge in [-0.25, -0.2) is 0 Å².